The van der Waals surface area contributed by atoms with E-state index in [-0.39, 0.29) is 0 Å². The van der Waals surface area contributed by atoms with Crippen molar-refractivity contribution < 1.29 is 0 Å². The summed E-state index contributed by atoms with van der Waals surface area (Å²) in [5, 5.41) is 0. The Bertz CT molecular complexity index is 360. The highest BCUT2D eigenvalue weighted by Gasteiger charge is 2.71. The molecule has 2 fully saturated rings. The van der Waals surface area contributed by atoms with Crippen LogP contribution in [0.2, 0.25) is 0 Å². The van der Waals surface area contributed by atoms with E-state index in [0.29, 0.717) is 21.7 Å². The molecule has 0 aliphatic heterocycles. The van der Waals surface area contributed by atoms with Crippen LogP contribution in [-0.2, 0) is 0 Å². The SMILES string of the molecule is CCCC1C(C)(C)C2CC(C)C2(C)C(C)(C)C1(C)C. The first-order valence-corrected chi connectivity index (χ1v) is 8.45. The first kappa shape index (κ1) is 15.4. The molecule has 0 heterocycles. The standard InChI is InChI=1S/C19H36/c1-10-11-14-16(3,4)15-12-13(2)19(15,9)18(7,8)17(14,5)6/h13-15H,10-12H2,1-9H3. The molecule has 0 saturated heterocycles. The van der Waals surface area contributed by atoms with Crippen LogP contribution < -0.4 is 0 Å². The molecule has 0 aromatic carbocycles. The zero-order valence-electron chi connectivity index (χ0n) is 14.9. The summed E-state index contributed by atoms with van der Waals surface area (Å²) in [6.45, 7) is 22.8. The largest absolute Gasteiger partial charge is 0.0654 e. The third-order valence-electron chi connectivity index (χ3n) is 8.54. The Kier molecular flexibility index (Phi) is 3.25. The second kappa shape index (κ2) is 4.01. The average Bonchev–Trinajstić information content (AvgIpc) is 2.29. The summed E-state index contributed by atoms with van der Waals surface area (Å²) < 4.78 is 0. The van der Waals surface area contributed by atoms with Crippen LogP contribution in [0.25, 0.3) is 0 Å². The number of rotatable bonds is 2. The predicted molar refractivity (Wildman–Crippen MR) is 85.1 cm³/mol. The van der Waals surface area contributed by atoms with Crippen LogP contribution >= 0.6 is 0 Å². The number of fused-ring (bicyclic) bond motifs is 1. The van der Waals surface area contributed by atoms with Gasteiger partial charge in [0.25, 0.3) is 0 Å². The van der Waals surface area contributed by atoms with E-state index in [2.05, 4.69) is 62.3 Å². The van der Waals surface area contributed by atoms with E-state index < -0.39 is 0 Å². The molecule has 2 aliphatic rings. The minimum Gasteiger partial charge on any atom is -0.0654 e. The summed E-state index contributed by atoms with van der Waals surface area (Å²) in [5.41, 5.74) is 1.87. The minimum absolute atomic E-state index is 0.423. The minimum atomic E-state index is 0.423. The highest BCUT2D eigenvalue weighted by molar-refractivity contribution is 5.19. The third-order valence-corrected chi connectivity index (χ3v) is 8.54. The highest BCUT2D eigenvalue weighted by Crippen LogP contribution is 2.78. The molecule has 19 heavy (non-hydrogen) atoms. The van der Waals surface area contributed by atoms with Gasteiger partial charge in [0.2, 0.25) is 0 Å². The maximum absolute atomic E-state index is 2.59. The second-order valence-electron chi connectivity index (χ2n) is 9.48. The Hall–Kier alpha value is 0. The molecule has 2 aliphatic carbocycles. The highest BCUT2D eigenvalue weighted by atomic mass is 14.8. The lowest BCUT2D eigenvalue weighted by molar-refractivity contribution is -0.287. The number of hydrogen-bond donors (Lipinski definition) is 0. The van der Waals surface area contributed by atoms with Crippen LogP contribution in [0.3, 0.4) is 0 Å². The van der Waals surface area contributed by atoms with E-state index >= 15 is 0 Å². The topological polar surface area (TPSA) is 0 Å². The summed E-state index contributed by atoms with van der Waals surface area (Å²) >= 11 is 0. The smallest absolute Gasteiger partial charge is 0.0210 e. The van der Waals surface area contributed by atoms with Gasteiger partial charge in [-0.15, -0.1) is 0 Å². The zero-order chi connectivity index (χ0) is 14.9. The van der Waals surface area contributed by atoms with Crippen LogP contribution in [0.1, 0.15) is 81.6 Å². The van der Waals surface area contributed by atoms with Crippen LogP contribution in [0.4, 0.5) is 0 Å². The number of hydrogen-bond acceptors (Lipinski definition) is 0. The second-order valence-corrected chi connectivity index (χ2v) is 9.48. The molecule has 0 N–H and O–H groups in total. The van der Waals surface area contributed by atoms with Crippen molar-refractivity contribution in [3.8, 4) is 0 Å². The van der Waals surface area contributed by atoms with Gasteiger partial charge < -0.3 is 0 Å². The molecule has 2 rings (SSSR count). The van der Waals surface area contributed by atoms with Crippen molar-refractivity contribution in [1.82, 2.24) is 0 Å². The van der Waals surface area contributed by atoms with Gasteiger partial charge in [-0.3, -0.25) is 0 Å². The van der Waals surface area contributed by atoms with E-state index in [4.69, 9.17) is 0 Å². The quantitative estimate of drug-likeness (QED) is 0.560. The average molecular weight is 264 g/mol. The summed E-state index contributed by atoms with van der Waals surface area (Å²) in [6, 6.07) is 0. The molecule has 112 valence electrons. The molecular formula is C19H36. The maximum atomic E-state index is 2.59. The van der Waals surface area contributed by atoms with Crippen LogP contribution in [0.5, 0.6) is 0 Å². The summed E-state index contributed by atoms with van der Waals surface area (Å²) in [6.07, 6.45) is 4.17. The Morgan fingerprint density at radius 2 is 1.47 bits per heavy atom. The Morgan fingerprint density at radius 1 is 0.947 bits per heavy atom. The molecule has 4 atom stereocenters. The Morgan fingerprint density at radius 3 is 1.89 bits per heavy atom. The summed E-state index contributed by atoms with van der Waals surface area (Å²) in [4.78, 5) is 0. The third kappa shape index (κ3) is 1.52. The monoisotopic (exact) mass is 264 g/mol. The van der Waals surface area contributed by atoms with Crippen LogP contribution in [-0.4, -0.2) is 0 Å². The van der Waals surface area contributed by atoms with Crippen LogP contribution in [0, 0.1) is 39.4 Å². The molecule has 0 spiro atoms. The first-order valence-electron chi connectivity index (χ1n) is 8.45. The normalized spacial score (nSPS) is 46.3. The van der Waals surface area contributed by atoms with E-state index in [1.54, 1.807) is 0 Å². The molecular weight excluding hydrogens is 228 g/mol. The first-order chi connectivity index (χ1) is 8.45. The van der Waals surface area contributed by atoms with Gasteiger partial charge in [0.05, 0.1) is 0 Å². The van der Waals surface area contributed by atoms with Crippen molar-refractivity contribution in [2.45, 2.75) is 81.6 Å². The lowest BCUT2D eigenvalue weighted by Gasteiger charge is -2.77. The van der Waals surface area contributed by atoms with Gasteiger partial charge in [0.15, 0.2) is 0 Å². The molecule has 4 unspecified atom stereocenters. The van der Waals surface area contributed by atoms with Crippen molar-refractivity contribution in [1.29, 1.82) is 0 Å². The molecule has 0 nitrogen and oxygen atoms in total. The lowest BCUT2D eigenvalue weighted by Crippen LogP contribution is -2.71. The van der Waals surface area contributed by atoms with Gasteiger partial charge in [-0.25, -0.2) is 0 Å². The molecule has 0 aromatic rings. The molecule has 0 heteroatoms. The van der Waals surface area contributed by atoms with E-state index in [1.807, 2.05) is 0 Å². The zero-order valence-corrected chi connectivity index (χ0v) is 14.9. The van der Waals surface area contributed by atoms with E-state index in [9.17, 15) is 0 Å². The summed E-state index contributed by atoms with van der Waals surface area (Å²) in [5.74, 6) is 2.65. The molecule has 0 amide bonds. The summed E-state index contributed by atoms with van der Waals surface area (Å²) in [7, 11) is 0. The van der Waals surface area contributed by atoms with Crippen molar-refractivity contribution in [3.05, 3.63) is 0 Å². The van der Waals surface area contributed by atoms with Gasteiger partial charge in [-0.05, 0) is 52.3 Å². The molecule has 0 radical (unpaired) electrons. The van der Waals surface area contributed by atoms with Crippen molar-refractivity contribution in [2.75, 3.05) is 0 Å². The molecule has 0 aromatic heterocycles. The van der Waals surface area contributed by atoms with Gasteiger partial charge in [-0.2, -0.15) is 0 Å². The fourth-order valence-electron chi connectivity index (χ4n) is 6.48. The fourth-order valence-corrected chi connectivity index (χ4v) is 6.48. The maximum Gasteiger partial charge on any atom is -0.0210 e. The van der Waals surface area contributed by atoms with Gasteiger partial charge >= 0.3 is 0 Å². The molecule has 2 saturated carbocycles. The van der Waals surface area contributed by atoms with Crippen molar-refractivity contribution in [2.24, 2.45) is 39.4 Å². The molecule has 0 bridgehead atoms. The van der Waals surface area contributed by atoms with Crippen molar-refractivity contribution in [3.63, 3.8) is 0 Å². The van der Waals surface area contributed by atoms with Crippen molar-refractivity contribution >= 4 is 0 Å². The van der Waals surface area contributed by atoms with Gasteiger partial charge in [0.1, 0.15) is 0 Å². The Balaban J connectivity index is 2.54. The fraction of sp³-hybridized carbons (Fsp3) is 1.00. The van der Waals surface area contributed by atoms with Gasteiger partial charge in [-0.1, -0.05) is 68.7 Å². The lowest BCUT2D eigenvalue weighted by atomic mass is 9.28. The van der Waals surface area contributed by atoms with E-state index in [0.717, 1.165) is 17.8 Å². The predicted octanol–water partition coefficient (Wildman–Crippen LogP) is 6.16. The Labute approximate surface area is 121 Å². The van der Waals surface area contributed by atoms with Crippen LogP contribution in [0.15, 0.2) is 0 Å². The van der Waals surface area contributed by atoms with E-state index in [1.165, 1.54) is 19.3 Å². The van der Waals surface area contributed by atoms with Gasteiger partial charge in [0, 0.05) is 0 Å².